The highest BCUT2D eigenvalue weighted by Crippen LogP contribution is 2.32. The van der Waals surface area contributed by atoms with Gasteiger partial charge in [0.15, 0.2) is 0 Å². The van der Waals surface area contributed by atoms with E-state index in [2.05, 4.69) is 21.2 Å². The fraction of sp³-hybridized carbons (Fsp3) is 0.500. The first-order valence-corrected chi connectivity index (χ1v) is 7.11. The molecule has 1 aromatic rings. The van der Waals surface area contributed by atoms with Crippen LogP contribution >= 0.6 is 15.9 Å². The minimum Gasteiger partial charge on any atom is -0.495 e. The molecule has 0 aliphatic carbocycles. The normalized spacial score (nSPS) is 11.3. The molecule has 0 heterocycles. The van der Waals surface area contributed by atoms with Gasteiger partial charge in [-0.15, -0.1) is 0 Å². The van der Waals surface area contributed by atoms with E-state index in [0.29, 0.717) is 24.3 Å². The maximum absolute atomic E-state index is 12.3. The number of carbonyl (C=O) groups is 1. The molecule has 0 spiro atoms. The summed E-state index contributed by atoms with van der Waals surface area (Å²) in [4.78, 5) is 12.3. The zero-order valence-electron chi connectivity index (χ0n) is 11.8. The molecule has 0 aromatic heterocycles. The van der Waals surface area contributed by atoms with Crippen LogP contribution in [0.2, 0.25) is 0 Å². The standard InChI is InChI=1S/C14H21BrN2O2/c1-5-14(16,6-2)13(18)17-12-9(3)7-10(15)8-11(12)19-4/h7-8H,5-6,16H2,1-4H3,(H,17,18). The molecule has 1 aromatic carbocycles. The average Bonchev–Trinajstić information content (AvgIpc) is 2.40. The number of hydrogen-bond donors (Lipinski definition) is 2. The summed E-state index contributed by atoms with van der Waals surface area (Å²) in [6, 6.07) is 3.74. The lowest BCUT2D eigenvalue weighted by Crippen LogP contribution is -2.50. The van der Waals surface area contributed by atoms with Crippen LogP contribution in [0.4, 0.5) is 5.69 Å². The highest BCUT2D eigenvalue weighted by atomic mass is 79.9. The van der Waals surface area contributed by atoms with E-state index in [-0.39, 0.29) is 5.91 Å². The molecular formula is C14H21BrN2O2. The highest BCUT2D eigenvalue weighted by molar-refractivity contribution is 9.10. The molecule has 19 heavy (non-hydrogen) atoms. The molecular weight excluding hydrogens is 308 g/mol. The van der Waals surface area contributed by atoms with Crippen LogP contribution in [0.25, 0.3) is 0 Å². The number of benzene rings is 1. The molecule has 0 aliphatic heterocycles. The molecule has 0 unspecified atom stereocenters. The fourth-order valence-electron chi connectivity index (χ4n) is 1.84. The summed E-state index contributed by atoms with van der Waals surface area (Å²) in [7, 11) is 1.58. The zero-order chi connectivity index (χ0) is 14.6. The lowest BCUT2D eigenvalue weighted by atomic mass is 9.93. The third kappa shape index (κ3) is 3.48. The topological polar surface area (TPSA) is 64.4 Å². The second-order valence-corrected chi connectivity index (χ2v) is 5.53. The van der Waals surface area contributed by atoms with Gasteiger partial charge < -0.3 is 15.8 Å². The van der Waals surface area contributed by atoms with Crippen LogP contribution in [0.5, 0.6) is 5.75 Å². The molecule has 0 atom stereocenters. The molecule has 5 heteroatoms. The van der Waals surface area contributed by atoms with E-state index in [1.807, 2.05) is 32.9 Å². The van der Waals surface area contributed by atoms with E-state index in [4.69, 9.17) is 10.5 Å². The Balaban J connectivity index is 3.09. The number of nitrogens with two attached hydrogens (primary N) is 1. The Labute approximate surface area is 122 Å². The molecule has 0 aliphatic rings. The number of nitrogens with one attached hydrogen (secondary N) is 1. The Morgan fingerprint density at radius 2 is 2.00 bits per heavy atom. The Hall–Kier alpha value is -1.07. The van der Waals surface area contributed by atoms with Gasteiger partial charge in [0.25, 0.3) is 0 Å². The van der Waals surface area contributed by atoms with Gasteiger partial charge in [-0.3, -0.25) is 4.79 Å². The molecule has 1 rings (SSSR count). The maximum Gasteiger partial charge on any atom is 0.244 e. The molecule has 4 nitrogen and oxygen atoms in total. The van der Waals surface area contributed by atoms with Gasteiger partial charge in [-0.1, -0.05) is 29.8 Å². The molecule has 106 valence electrons. The predicted molar refractivity (Wildman–Crippen MR) is 81.6 cm³/mol. The summed E-state index contributed by atoms with van der Waals surface area (Å²) in [6.45, 7) is 5.74. The Morgan fingerprint density at radius 3 is 2.47 bits per heavy atom. The van der Waals surface area contributed by atoms with Gasteiger partial charge in [0.2, 0.25) is 5.91 Å². The van der Waals surface area contributed by atoms with Crippen LogP contribution in [-0.4, -0.2) is 18.6 Å². The van der Waals surface area contributed by atoms with Crippen molar-refractivity contribution in [3.05, 3.63) is 22.2 Å². The van der Waals surface area contributed by atoms with Crippen molar-refractivity contribution >= 4 is 27.5 Å². The van der Waals surface area contributed by atoms with Gasteiger partial charge in [-0.25, -0.2) is 0 Å². The van der Waals surface area contributed by atoms with Gasteiger partial charge >= 0.3 is 0 Å². The van der Waals surface area contributed by atoms with Crippen LogP contribution in [0.3, 0.4) is 0 Å². The number of amides is 1. The monoisotopic (exact) mass is 328 g/mol. The third-order valence-electron chi connectivity index (χ3n) is 3.44. The Bertz CT molecular complexity index is 471. The maximum atomic E-state index is 12.3. The Kier molecular flexibility index (Phi) is 5.38. The predicted octanol–water partition coefficient (Wildman–Crippen LogP) is 3.22. The summed E-state index contributed by atoms with van der Waals surface area (Å²) in [5, 5.41) is 2.89. The number of anilines is 1. The van der Waals surface area contributed by atoms with Crippen molar-refractivity contribution in [2.75, 3.05) is 12.4 Å². The van der Waals surface area contributed by atoms with E-state index >= 15 is 0 Å². The van der Waals surface area contributed by atoms with Crippen LogP contribution < -0.4 is 15.8 Å². The summed E-state index contributed by atoms with van der Waals surface area (Å²) < 4.78 is 6.21. The number of hydrogen-bond acceptors (Lipinski definition) is 3. The number of ether oxygens (including phenoxy) is 1. The first-order valence-electron chi connectivity index (χ1n) is 6.32. The SMILES string of the molecule is CCC(N)(CC)C(=O)Nc1c(C)cc(Br)cc1OC. The lowest BCUT2D eigenvalue weighted by molar-refractivity contribution is -0.121. The number of aryl methyl sites for hydroxylation is 1. The summed E-state index contributed by atoms with van der Waals surface area (Å²) >= 11 is 3.40. The minimum absolute atomic E-state index is 0.179. The molecule has 0 saturated heterocycles. The van der Waals surface area contributed by atoms with Gasteiger partial charge in [0.05, 0.1) is 18.3 Å². The van der Waals surface area contributed by atoms with Gasteiger partial charge in [-0.2, -0.15) is 0 Å². The van der Waals surface area contributed by atoms with E-state index in [1.165, 1.54) is 0 Å². The molecule has 0 saturated carbocycles. The van der Waals surface area contributed by atoms with Crippen LogP contribution in [-0.2, 0) is 4.79 Å². The van der Waals surface area contributed by atoms with Crippen LogP contribution in [0.15, 0.2) is 16.6 Å². The first kappa shape index (κ1) is 16.0. The fourth-order valence-corrected chi connectivity index (χ4v) is 2.39. The van der Waals surface area contributed by atoms with Crippen LogP contribution in [0.1, 0.15) is 32.3 Å². The quantitative estimate of drug-likeness (QED) is 0.872. The zero-order valence-corrected chi connectivity index (χ0v) is 13.4. The summed E-state index contributed by atoms with van der Waals surface area (Å²) in [5.41, 5.74) is 6.85. The van der Waals surface area contributed by atoms with Crippen molar-refractivity contribution < 1.29 is 9.53 Å². The lowest BCUT2D eigenvalue weighted by Gasteiger charge is -2.26. The number of halogens is 1. The van der Waals surface area contributed by atoms with Crippen molar-refractivity contribution in [3.63, 3.8) is 0 Å². The molecule has 0 fully saturated rings. The minimum atomic E-state index is -0.843. The number of carbonyl (C=O) groups excluding carboxylic acids is 1. The highest BCUT2D eigenvalue weighted by Gasteiger charge is 2.30. The number of methoxy groups -OCH3 is 1. The summed E-state index contributed by atoms with van der Waals surface area (Å²) in [6.07, 6.45) is 1.18. The van der Waals surface area contributed by atoms with Gasteiger partial charge in [-0.05, 0) is 37.5 Å². The van der Waals surface area contributed by atoms with E-state index in [0.717, 1.165) is 10.0 Å². The smallest absolute Gasteiger partial charge is 0.244 e. The molecule has 1 amide bonds. The van der Waals surface area contributed by atoms with Crippen molar-refractivity contribution in [2.24, 2.45) is 5.73 Å². The Morgan fingerprint density at radius 1 is 1.42 bits per heavy atom. The van der Waals surface area contributed by atoms with Gasteiger partial charge in [0.1, 0.15) is 5.75 Å². The van der Waals surface area contributed by atoms with Crippen molar-refractivity contribution in [1.29, 1.82) is 0 Å². The van der Waals surface area contributed by atoms with Crippen LogP contribution in [0, 0.1) is 6.92 Å². The van der Waals surface area contributed by atoms with Crippen molar-refractivity contribution in [2.45, 2.75) is 39.2 Å². The molecule has 3 N–H and O–H groups in total. The molecule has 0 radical (unpaired) electrons. The summed E-state index contributed by atoms with van der Waals surface area (Å²) in [5.74, 6) is 0.441. The second kappa shape index (κ2) is 6.39. The first-order chi connectivity index (χ1) is 8.87. The average molecular weight is 329 g/mol. The second-order valence-electron chi connectivity index (χ2n) is 4.62. The van der Waals surface area contributed by atoms with Gasteiger partial charge in [0, 0.05) is 4.47 Å². The van der Waals surface area contributed by atoms with Crippen molar-refractivity contribution in [1.82, 2.24) is 0 Å². The van der Waals surface area contributed by atoms with E-state index in [9.17, 15) is 4.79 Å². The van der Waals surface area contributed by atoms with E-state index in [1.54, 1.807) is 7.11 Å². The van der Waals surface area contributed by atoms with Crippen molar-refractivity contribution in [3.8, 4) is 5.75 Å². The molecule has 0 bridgehead atoms. The largest absolute Gasteiger partial charge is 0.495 e. The third-order valence-corrected chi connectivity index (χ3v) is 3.89. The van der Waals surface area contributed by atoms with E-state index < -0.39 is 5.54 Å². The number of rotatable bonds is 5.